The van der Waals surface area contributed by atoms with Gasteiger partial charge in [-0.3, -0.25) is 9.69 Å². The van der Waals surface area contributed by atoms with E-state index >= 15 is 0 Å². The molecule has 1 amide bonds. The number of carbonyl (C=O) groups excluding carboxylic acids is 1. The molecule has 4 heteroatoms. The fourth-order valence-corrected chi connectivity index (χ4v) is 3.26. The van der Waals surface area contributed by atoms with Crippen molar-refractivity contribution >= 4 is 17.2 Å². The van der Waals surface area contributed by atoms with Crippen LogP contribution in [0.5, 0.6) is 0 Å². The van der Waals surface area contributed by atoms with Gasteiger partial charge in [0.25, 0.3) is 0 Å². The number of thiophene rings is 1. The molecule has 1 aliphatic rings. The largest absolute Gasteiger partial charge is 0.355 e. The second-order valence-electron chi connectivity index (χ2n) is 4.81. The molecule has 1 fully saturated rings. The molecule has 1 atom stereocenters. The van der Waals surface area contributed by atoms with Crippen LogP contribution in [0.3, 0.4) is 0 Å². The van der Waals surface area contributed by atoms with Gasteiger partial charge < -0.3 is 5.32 Å². The molecule has 3 nitrogen and oxygen atoms in total. The maximum Gasteiger partial charge on any atom is 0.220 e. The van der Waals surface area contributed by atoms with Crippen molar-refractivity contribution in [2.24, 2.45) is 0 Å². The topological polar surface area (TPSA) is 32.3 Å². The molecule has 2 rings (SSSR count). The molecule has 1 aromatic rings. The highest BCUT2D eigenvalue weighted by molar-refractivity contribution is 7.09. The van der Waals surface area contributed by atoms with Crippen LogP contribution in [0.1, 0.15) is 31.1 Å². The number of amides is 1. The molecule has 1 N–H and O–H groups in total. The van der Waals surface area contributed by atoms with Gasteiger partial charge >= 0.3 is 0 Å². The number of aryl methyl sites for hydroxylation is 1. The van der Waals surface area contributed by atoms with Crippen molar-refractivity contribution < 1.29 is 4.79 Å². The summed E-state index contributed by atoms with van der Waals surface area (Å²) in [6, 6.07) is 4.68. The highest BCUT2D eigenvalue weighted by Crippen LogP contribution is 2.15. The Balaban J connectivity index is 1.65. The van der Waals surface area contributed by atoms with Crippen molar-refractivity contribution in [1.29, 1.82) is 0 Å². The molecule has 100 valence electrons. The van der Waals surface area contributed by atoms with Crippen LogP contribution in [0.2, 0.25) is 0 Å². The van der Waals surface area contributed by atoms with E-state index < -0.39 is 0 Å². The summed E-state index contributed by atoms with van der Waals surface area (Å²) in [6.07, 6.45) is 3.97. The van der Waals surface area contributed by atoms with Gasteiger partial charge in [0.15, 0.2) is 0 Å². The van der Waals surface area contributed by atoms with Crippen LogP contribution < -0.4 is 5.32 Å². The second-order valence-corrected chi connectivity index (χ2v) is 5.84. The molecule has 0 saturated carbocycles. The first kappa shape index (κ1) is 13.6. The van der Waals surface area contributed by atoms with E-state index in [1.54, 1.807) is 11.3 Å². The van der Waals surface area contributed by atoms with E-state index in [4.69, 9.17) is 0 Å². The summed E-state index contributed by atoms with van der Waals surface area (Å²) in [4.78, 5) is 15.5. The van der Waals surface area contributed by atoms with E-state index in [-0.39, 0.29) is 5.91 Å². The van der Waals surface area contributed by atoms with Gasteiger partial charge in [-0.25, -0.2) is 0 Å². The Hall–Kier alpha value is -0.870. The fourth-order valence-electron chi connectivity index (χ4n) is 2.55. The average molecular weight is 266 g/mol. The summed E-state index contributed by atoms with van der Waals surface area (Å²) >= 11 is 1.72. The summed E-state index contributed by atoms with van der Waals surface area (Å²) in [5.41, 5.74) is 0. The Morgan fingerprint density at radius 3 is 3.22 bits per heavy atom. The number of likely N-dealkylation sites (N-methyl/N-ethyl adjacent to an activating group) is 1. The van der Waals surface area contributed by atoms with Gasteiger partial charge in [-0.1, -0.05) is 13.0 Å². The quantitative estimate of drug-likeness (QED) is 0.857. The molecule has 0 bridgehead atoms. The van der Waals surface area contributed by atoms with Gasteiger partial charge in [0.05, 0.1) is 0 Å². The molecule has 1 aliphatic heterocycles. The highest BCUT2D eigenvalue weighted by Gasteiger charge is 2.22. The molecule has 2 heterocycles. The van der Waals surface area contributed by atoms with Crippen molar-refractivity contribution in [2.75, 3.05) is 19.6 Å². The third-order valence-corrected chi connectivity index (χ3v) is 4.55. The normalized spacial score (nSPS) is 20.2. The number of nitrogens with zero attached hydrogens (tertiary/aromatic N) is 1. The monoisotopic (exact) mass is 266 g/mol. The zero-order valence-corrected chi connectivity index (χ0v) is 11.8. The molecule has 18 heavy (non-hydrogen) atoms. The van der Waals surface area contributed by atoms with E-state index in [1.165, 1.54) is 24.3 Å². The number of carbonyl (C=O) groups is 1. The SMILES string of the molecule is CCN1CCC[C@H]1CNC(=O)CCc1cccs1. The number of hydrogen-bond acceptors (Lipinski definition) is 3. The Morgan fingerprint density at radius 1 is 1.61 bits per heavy atom. The van der Waals surface area contributed by atoms with Crippen LogP contribution in [-0.2, 0) is 11.2 Å². The first-order chi connectivity index (χ1) is 8.79. The minimum atomic E-state index is 0.186. The zero-order chi connectivity index (χ0) is 12.8. The minimum Gasteiger partial charge on any atom is -0.355 e. The van der Waals surface area contributed by atoms with Gasteiger partial charge in [-0.15, -0.1) is 11.3 Å². The van der Waals surface area contributed by atoms with Crippen LogP contribution >= 0.6 is 11.3 Å². The predicted molar refractivity (Wildman–Crippen MR) is 75.9 cm³/mol. The molecular formula is C14H22N2OS. The van der Waals surface area contributed by atoms with Crippen LogP contribution in [0.15, 0.2) is 17.5 Å². The van der Waals surface area contributed by atoms with Crippen molar-refractivity contribution in [2.45, 2.75) is 38.6 Å². The lowest BCUT2D eigenvalue weighted by atomic mass is 10.2. The Bertz CT molecular complexity index is 364. The summed E-state index contributed by atoms with van der Waals surface area (Å²) in [5, 5.41) is 5.14. The predicted octanol–water partition coefficient (Wildman–Crippen LogP) is 2.28. The van der Waals surface area contributed by atoms with E-state index in [9.17, 15) is 4.79 Å². The molecule has 0 radical (unpaired) electrons. The van der Waals surface area contributed by atoms with Gasteiger partial charge in [-0.05, 0) is 43.8 Å². The van der Waals surface area contributed by atoms with E-state index in [1.807, 2.05) is 6.07 Å². The van der Waals surface area contributed by atoms with Gasteiger partial charge in [0, 0.05) is 23.9 Å². The maximum absolute atomic E-state index is 11.8. The highest BCUT2D eigenvalue weighted by atomic mass is 32.1. The number of likely N-dealkylation sites (tertiary alicyclic amines) is 1. The minimum absolute atomic E-state index is 0.186. The summed E-state index contributed by atoms with van der Waals surface area (Å²) in [6.45, 7) is 5.29. The van der Waals surface area contributed by atoms with Crippen LogP contribution in [-0.4, -0.2) is 36.5 Å². The van der Waals surface area contributed by atoms with E-state index in [0.717, 1.165) is 19.5 Å². The molecule has 0 aromatic carbocycles. The summed E-state index contributed by atoms with van der Waals surface area (Å²) < 4.78 is 0. The van der Waals surface area contributed by atoms with Crippen LogP contribution in [0.25, 0.3) is 0 Å². The Morgan fingerprint density at radius 2 is 2.50 bits per heavy atom. The smallest absolute Gasteiger partial charge is 0.220 e. The Labute approximate surface area is 113 Å². The van der Waals surface area contributed by atoms with Crippen molar-refractivity contribution in [3.8, 4) is 0 Å². The number of rotatable bonds is 6. The third kappa shape index (κ3) is 3.82. The van der Waals surface area contributed by atoms with Gasteiger partial charge in [0.1, 0.15) is 0 Å². The zero-order valence-electron chi connectivity index (χ0n) is 11.0. The molecule has 0 aliphatic carbocycles. The average Bonchev–Trinajstić information content (AvgIpc) is 3.04. The van der Waals surface area contributed by atoms with Gasteiger partial charge in [0.2, 0.25) is 5.91 Å². The van der Waals surface area contributed by atoms with E-state index in [0.29, 0.717) is 12.5 Å². The van der Waals surface area contributed by atoms with Gasteiger partial charge in [-0.2, -0.15) is 0 Å². The maximum atomic E-state index is 11.8. The van der Waals surface area contributed by atoms with Crippen molar-refractivity contribution in [3.05, 3.63) is 22.4 Å². The first-order valence-corrected chi connectivity index (χ1v) is 7.70. The molecular weight excluding hydrogens is 244 g/mol. The lowest BCUT2D eigenvalue weighted by Gasteiger charge is -2.22. The molecule has 1 saturated heterocycles. The standard InChI is InChI=1S/C14H22N2OS/c1-2-16-9-3-5-12(16)11-15-14(17)8-7-13-6-4-10-18-13/h4,6,10,12H,2-3,5,7-9,11H2,1H3,(H,15,17)/t12-/m0/s1. The summed E-state index contributed by atoms with van der Waals surface area (Å²) in [7, 11) is 0. The van der Waals surface area contributed by atoms with Crippen LogP contribution in [0, 0.1) is 0 Å². The third-order valence-electron chi connectivity index (χ3n) is 3.62. The van der Waals surface area contributed by atoms with Crippen molar-refractivity contribution in [1.82, 2.24) is 10.2 Å². The lowest BCUT2D eigenvalue weighted by molar-refractivity contribution is -0.121. The lowest BCUT2D eigenvalue weighted by Crippen LogP contribution is -2.40. The van der Waals surface area contributed by atoms with Crippen molar-refractivity contribution in [3.63, 3.8) is 0 Å². The number of nitrogens with one attached hydrogen (secondary N) is 1. The Kier molecular flexibility index (Phi) is 5.20. The fraction of sp³-hybridized carbons (Fsp3) is 0.643. The molecule has 0 unspecified atom stereocenters. The molecule has 0 spiro atoms. The number of hydrogen-bond donors (Lipinski definition) is 1. The second kappa shape index (κ2) is 6.90. The first-order valence-electron chi connectivity index (χ1n) is 6.82. The molecule has 1 aromatic heterocycles. The summed E-state index contributed by atoms with van der Waals surface area (Å²) in [5.74, 6) is 0.186. The van der Waals surface area contributed by atoms with Crippen LogP contribution in [0.4, 0.5) is 0 Å². The van der Waals surface area contributed by atoms with E-state index in [2.05, 4.69) is 28.6 Å².